The monoisotopic (exact) mass is 306 g/mol. The normalized spacial score (nSPS) is 13.5. The Kier molecular flexibility index (Phi) is 5.43. The first-order valence-electron chi connectivity index (χ1n) is 6.23. The fourth-order valence-electron chi connectivity index (χ4n) is 2.04. The minimum atomic E-state index is -3.81. The van der Waals surface area contributed by atoms with E-state index in [0.29, 0.717) is 5.92 Å². The molecule has 7 heteroatoms. The van der Waals surface area contributed by atoms with E-state index in [-0.39, 0.29) is 22.5 Å². The number of aromatic amines is 1. The van der Waals surface area contributed by atoms with E-state index < -0.39 is 9.05 Å². The summed E-state index contributed by atoms with van der Waals surface area (Å²) in [6, 6.07) is 1.26. The Morgan fingerprint density at radius 2 is 2.00 bits per heavy atom. The van der Waals surface area contributed by atoms with Crippen LogP contribution in [0.25, 0.3) is 0 Å². The van der Waals surface area contributed by atoms with Crippen molar-refractivity contribution in [2.75, 3.05) is 0 Å². The molecule has 0 aliphatic rings. The second kappa shape index (κ2) is 6.43. The van der Waals surface area contributed by atoms with Gasteiger partial charge in [0.25, 0.3) is 15.0 Å². The smallest absolute Gasteiger partial charge is 0.267 e. The molecular weight excluding hydrogens is 288 g/mol. The average Bonchev–Trinajstić information content (AvgIpc) is 2.79. The van der Waals surface area contributed by atoms with Crippen LogP contribution in [0.1, 0.15) is 44.1 Å². The maximum absolute atomic E-state index is 12.0. The number of hydrogen-bond donors (Lipinski definition) is 2. The Hall–Kier alpha value is -1.01. The van der Waals surface area contributed by atoms with Crippen molar-refractivity contribution >= 4 is 25.6 Å². The maximum Gasteiger partial charge on any atom is 0.267 e. The van der Waals surface area contributed by atoms with Gasteiger partial charge in [-0.05, 0) is 18.9 Å². The van der Waals surface area contributed by atoms with Crippen molar-refractivity contribution < 1.29 is 13.2 Å². The number of carbonyl (C=O) groups excluding carboxylic acids is 1. The fraction of sp³-hybridized carbons (Fsp3) is 0.583. The van der Waals surface area contributed by atoms with Crippen LogP contribution in [0.3, 0.4) is 0 Å². The van der Waals surface area contributed by atoms with E-state index in [1.807, 2.05) is 6.92 Å². The van der Waals surface area contributed by atoms with Crippen molar-refractivity contribution in [3.05, 3.63) is 18.0 Å². The van der Waals surface area contributed by atoms with Gasteiger partial charge in [-0.2, -0.15) is 0 Å². The van der Waals surface area contributed by atoms with Gasteiger partial charge in [0.1, 0.15) is 10.6 Å². The number of rotatable bonds is 6. The molecule has 2 N–H and O–H groups in total. The third-order valence-corrected chi connectivity index (χ3v) is 4.63. The Morgan fingerprint density at radius 3 is 2.42 bits per heavy atom. The predicted molar refractivity (Wildman–Crippen MR) is 74.8 cm³/mol. The molecule has 0 saturated carbocycles. The highest BCUT2D eigenvalue weighted by Gasteiger charge is 2.19. The zero-order chi connectivity index (χ0) is 14.6. The molecule has 0 aliphatic carbocycles. The Bertz CT molecular complexity index is 535. The third kappa shape index (κ3) is 4.24. The number of halogens is 1. The van der Waals surface area contributed by atoms with Crippen molar-refractivity contribution in [2.45, 2.75) is 44.6 Å². The highest BCUT2D eigenvalue weighted by atomic mass is 35.7. The third-order valence-electron chi connectivity index (χ3n) is 3.30. The van der Waals surface area contributed by atoms with E-state index in [4.69, 9.17) is 10.7 Å². The number of aromatic nitrogens is 1. The van der Waals surface area contributed by atoms with Crippen LogP contribution in [-0.4, -0.2) is 25.4 Å². The molecule has 1 aromatic rings. The topological polar surface area (TPSA) is 79.0 Å². The molecule has 1 rings (SSSR count). The molecule has 0 fully saturated rings. The van der Waals surface area contributed by atoms with E-state index >= 15 is 0 Å². The molecule has 19 heavy (non-hydrogen) atoms. The van der Waals surface area contributed by atoms with Gasteiger partial charge in [0.2, 0.25) is 0 Å². The minimum absolute atomic E-state index is 0.0295. The second-order valence-electron chi connectivity index (χ2n) is 4.53. The molecule has 0 spiro atoms. The van der Waals surface area contributed by atoms with Gasteiger partial charge in [0.15, 0.2) is 0 Å². The van der Waals surface area contributed by atoms with Gasteiger partial charge >= 0.3 is 0 Å². The van der Waals surface area contributed by atoms with Crippen LogP contribution in [0.5, 0.6) is 0 Å². The molecule has 1 unspecified atom stereocenters. The quantitative estimate of drug-likeness (QED) is 0.793. The Balaban J connectivity index is 2.76. The van der Waals surface area contributed by atoms with Gasteiger partial charge in [0.05, 0.1) is 0 Å². The van der Waals surface area contributed by atoms with E-state index in [1.165, 1.54) is 12.3 Å². The van der Waals surface area contributed by atoms with Crippen LogP contribution in [0, 0.1) is 5.92 Å². The van der Waals surface area contributed by atoms with Crippen LogP contribution in [0.15, 0.2) is 17.2 Å². The number of amides is 1. The summed E-state index contributed by atoms with van der Waals surface area (Å²) in [5.74, 6) is 0.0705. The van der Waals surface area contributed by atoms with Crippen LogP contribution in [0.2, 0.25) is 0 Å². The molecule has 0 saturated heterocycles. The lowest BCUT2D eigenvalue weighted by atomic mass is 9.95. The minimum Gasteiger partial charge on any atom is -0.356 e. The summed E-state index contributed by atoms with van der Waals surface area (Å²) in [6.07, 6.45) is 3.16. The van der Waals surface area contributed by atoms with Gasteiger partial charge < -0.3 is 10.3 Å². The SMILES string of the molecule is CCC(CC)C(C)NC(=O)c1cc(S(=O)(=O)Cl)c[nH]1. The van der Waals surface area contributed by atoms with E-state index in [1.54, 1.807) is 0 Å². The molecule has 1 amide bonds. The number of carbonyl (C=O) groups is 1. The zero-order valence-corrected chi connectivity index (χ0v) is 12.8. The summed E-state index contributed by atoms with van der Waals surface area (Å²) in [7, 11) is 1.39. The van der Waals surface area contributed by atoms with Gasteiger partial charge in [0, 0.05) is 22.9 Å². The van der Waals surface area contributed by atoms with Crippen molar-refractivity contribution in [1.82, 2.24) is 10.3 Å². The van der Waals surface area contributed by atoms with Crippen LogP contribution in [0.4, 0.5) is 0 Å². The summed E-state index contributed by atoms with van der Waals surface area (Å²) < 4.78 is 22.2. The van der Waals surface area contributed by atoms with Gasteiger partial charge in [-0.25, -0.2) is 8.42 Å². The molecule has 1 atom stereocenters. The highest BCUT2D eigenvalue weighted by Crippen LogP contribution is 2.17. The number of H-pyrrole nitrogens is 1. The zero-order valence-electron chi connectivity index (χ0n) is 11.2. The van der Waals surface area contributed by atoms with Crippen molar-refractivity contribution in [2.24, 2.45) is 5.92 Å². The van der Waals surface area contributed by atoms with Crippen LogP contribution < -0.4 is 5.32 Å². The standard InChI is InChI=1S/C12H19ClN2O3S/c1-4-9(5-2)8(3)15-12(16)11-6-10(7-14-11)19(13,17)18/h6-9,14H,4-5H2,1-3H3,(H,15,16). The van der Waals surface area contributed by atoms with Crippen molar-refractivity contribution in [3.63, 3.8) is 0 Å². The first-order chi connectivity index (χ1) is 8.79. The molecule has 1 heterocycles. The molecule has 5 nitrogen and oxygen atoms in total. The molecular formula is C12H19ClN2O3S. The summed E-state index contributed by atoms with van der Waals surface area (Å²) >= 11 is 0. The first-order valence-corrected chi connectivity index (χ1v) is 8.54. The number of hydrogen-bond acceptors (Lipinski definition) is 3. The largest absolute Gasteiger partial charge is 0.356 e. The van der Waals surface area contributed by atoms with Crippen LogP contribution in [-0.2, 0) is 9.05 Å². The number of nitrogens with one attached hydrogen (secondary N) is 2. The molecule has 0 aliphatic heterocycles. The summed E-state index contributed by atoms with van der Waals surface area (Å²) in [4.78, 5) is 14.5. The molecule has 0 bridgehead atoms. The van der Waals surface area contributed by atoms with Gasteiger partial charge in [-0.1, -0.05) is 26.7 Å². The summed E-state index contributed by atoms with van der Waals surface area (Å²) in [6.45, 7) is 6.09. The van der Waals surface area contributed by atoms with Gasteiger partial charge in [-0.15, -0.1) is 0 Å². The summed E-state index contributed by atoms with van der Waals surface area (Å²) in [5, 5.41) is 2.85. The van der Waals surface area contributed by atoms with Gasteiger partial charge in [-0.3, -0.25) is 4.79 Å². The maximum atomic E-state index is 12.0. The first kappa shape index (κ1) is 16.0. The molecule has 0 radical (unpaired) electrons. The van der Waals surface area contributed by atoms with E-state index in [0.717, 1.165) is 12.8 Å². The Labute approximate surface area is 118 Å². The molecule has 1 aromatic heterocycles. The van der Waals surface area contributed by atoms with E-state index in [9.17, 15) is 13.2 Å². The lowest BCUT2D eigenvalue weighted by molar-refractivity contribution is 0.0920. The average molecular weight is 307 g/mol. The Morgan fingerprint density at radius 1 is 1.42 bits per heavy atom. The summed E-state index contributed by atoms with van der Waals surface area (Å²) in [5.41, 5.74) is 0.192. The molecule has 108 valence electrons. The predicted octanol–water partition coefficient (Wildman–Crippen LogP) is 2.50. The van der Waals surface area contributed by atoms with E-state index in [2.05, 4.69) is 24.1 Å². The molecule has 0 aromatic carbocycles. The van der Waals surface area contributed by atoms with Crippen molar-refractivity contribution in [1.29, 1.82) is 0 Å². The highest BCUT2D eigenvalue weighted by molar-refractivity contribution is 8.13. The second-order valence-corrected chi connectivity index (χ2v) is 7.09. The van der Waals surface area contributed by atoms with Crippen molar-refractivity contribution in [3.8, 4) is 0 Å². The lowest BCUT2D eigenvalue weighted by Crippen LogP contribution is -2.37. The fourth-order valence-corrected chi connectivity index (χ4v) is 2.77. The van der Waals surface area contributed by atoms with Crippen LogP contribution >= 0.6 is 10.7 Å². The lowest BCUT2D eigenvalue weighted by Gasteiger charge is -2.22.